The molecule has 2 aromatic rings. The Labute approximate surface area is 199 Å². The minimum absolute atomic E-state index is 0.0648. The molecule has 180 valence electrons. The number of allylic oxidation sites excluding steroid dienone is 1. The lowest BCUT2D eigenvalue weighted by atomic mass is 9.70. The predicted molar refractivity (Wildman–Crippen MR) is 136 cm³/mol. The summed E-state index contributed by atoms with van der Waals surface area (Å²) in [7, 11) is 0. The first-order valence-corrected chi connectivity index (χ1v) is 11.8. The molecule has 0 unspecified atom stereocenters. The van der Waals surface area contributed by atoms with Crippen molar-refractivity contribution < 1.29 is 19.7 Å². The molecule has 0 saturated heterocycles. The van der Waals surface area contributed by atoms with Crippen LogP contribution in [0.1, 0.15) is 75.3 Å². The quantitative estimate of drug-likeness (QED) is 0.449. The molecule has 0 aliphatic rings. The van der Waals surface area contributed by atoms with Gasteiger partial charge in [-0.25, -0.2) is 0 Å². The first-order valence-electron chi connectivity index (χ1n) is 11.8. The fourth-order valence-corrected chi connectivity index (χ4v) is 4.16. The van der Waals surface area contributed by atoms with Crippen molar-refractivity contribution >= 4 is 11.9 Å². The van der Waals surface area contributed by atoms with Gasteiger partial charge in [0.1, 0.15) is 18.5 Å². The van der Waals surface area contributed by atoms with Gasteiger partial charge in [-0.05, 0) is 66.6 Å². The number of carbonyl (C=O) groups excluding carboxylic acids is 1. The third-order valence-corrected chi connectivity index (χ3v) is 6.55. The molecule has 0 aliphatic heterocycles. The van der Waals surface area contributed by atoms with Crippen molar-refractivity contribution in [1.82, 2.24) is 0 Å². The third-order valence-electron chi connectivity index (χ3n) is 6.55. The second-order valence-corrected chi connectivity index (χ2v) is 9.94. The molecule has 0 radical (unpaired) electrons. The summed E-state index contributed by atoms with van der Waals surface area (Å²) in [5, 5.41) is 18.6. The normalized spacial score (nSPS) is 13.4. The van der Waals surface area contributed by atoms with Crippen LogP contribution in [0.2, 0.25) is 0 Å². The zero-order valence-electron chi connectivity index (χ0n) is 21.2. The van der Waals surface area contributed by atoms with Gasteiger partial charge in [-0.1, -0.05) is 71.0 Å². The Morgan fingerprint density at radius 2 is 1.58 bits per heavy atom. The minimum Gasteiger partial charge on any atom is -0.491 e. The molecule has 33 heavy (non-hydrogen) atoms. The lowest BCUT2D eigenvalue weighted by Gasteiger charge is -2.34. The second-order valence-electron chi connectivity index (χ2n) is 9.94. The van der Waals surface area contributed by atoms with Gasteiger partial charge < -0.3 is 14.9 Å². The lowest BCUT2D eigenvalue weighted by Crippen LogP contribution is -2.26. The summed E-state index contributed by atoms with van der Waals surface area (Å²) in [4.78, 5) is 12.3. The molecule has 2 rings (SSSR count). The molecule has 2 aromatic carbocycles. The highest BCUT2D eigenvalue weighted by molar-refractivity contribution is 5.97. The Morgan fingerprint density at radius 3 is 2.06 bits per heavy atom. The van der Waals surface area contributed by atoms with E-state index in [0.717, 1.165) is 29.5 Å². The molecule has 0 heterocycles. The minimum atomic E-state index is -0.885. The number of hydrogen-bond donors (Lipinski definition) is 2. The molecule has 0 aromatic heterocycles. The van der Waals surface area contributed by atoms with E-state index in [1.165, 1.54) is 11.1 Å². The topological polar surface area (TPSA) is 66.8 Å². The van der Waals surface area contributed by atoms with Crippen molar-refractivity contribution in [3.8, 4) is 5.75 Å². The van der Waals surface area contributed by atoms with Gasteiger partial charge in [0.2, 0.25) is 0 Å². The number of aliphatic hydroxyl groups excluding tert-OH is 2. The Balaban J connectivity index is 2.39. The maximum Gasteiger partial charge on any atom is 0.161 e. The van der Waals surface area contributed by atoms with Gasteiger partial charge in [0.25, 0.3) is 0 Å². The van der Waals surface area contributed by atoms with E-state index in [1.807, 2.05) is 39.8 Å². The number of aliphatic hydroxyl groups is 2. The summed E-state index contributed by atoms with van der Waals surface area (Å²) in [5.74, 6) is 0.833. The highest BCUT2D eigenvalue weighted by Gasteiger charge is 2.31. The molecule has 4 heteroatoms. The Morgan fingerprint density at radius 1 is 1.00 bits per heavy atom. The summed E-state index contributed by atoms with van der Waals surface area (Å²) in [6.45, 7) is 14.1. The average Bonchev–Trinajstić information content (AvgIpc) is 2.78. The van der Waals surface area contributed by atoms with Crippen molar-refractivity contribution in [2.24, 2.45) is 5.41 Å². The maximum absolute atomic E-state index is 12.3. The van der Waals surface area contributed by atoms with Crippen LogP contribution in [-0.4, -0.2) is 35.3 Å². The summed E-state index contributed by atoms with van der Waals surface area (Å²) in [5.41, 5.74) is 5.17. The fourth-order valence-electron chi connectivity index (χ4n) is 4.16. The van der Waals surface area contributed by atoms with E-state index in [-0.39, 0.29) is 29.8 Å². The number of ketones is 1. The summed E-state index contributed by atoms with van der Waals surface area (Å²) < 4.78 is 5.69. The highest BCUT2D eigenvalue weighted by Crippen LogP contribution is 2.41. The van der Waals surface area contributed by atoms with E-state index < -0.39 is 6.10 Å². The van der Waals surface area contributed by atoms with Crippen LogP contribution in [-0.2, 0) is 10.2 Å². The third kappa shape index (κ3) is 6.33. The summed E-state index contributed by atoms with van der Waals surface area (Å²) in [6, 6.07) is 12.8. The SMILES string of the molecule is CCC(CC)(c1ccc(C=CC(=O)C(C)(C)C)c(C)c1)c1ccc(OC[C@@H](O)CO)c(C)c1. The van der Waals surface area contributed by atoms with Gasteiger partial charge in [0.05, 0.1) is 6.61 Å². The Hall–Kier alpha value is -2.43. The van der Waals surface area contributed by atoms with Crippen LogP contribution < -0.4 is 4.74 Å². The molecular formula is C29H40O4. The number of benzene rings is 2. The molecular weight excluding hydrogens is 412 g/mol. The van der Waals surface area contributed by atoms with Gasteiger partial charge in [-0.15, -0.1) is 0 Å². The highest BCUT2D eigenvalue weighted by atomic mass is 16.5. The van der Waals surface area contributed by atoms with Crippen molar-refractivity contribution in [1.29, 1.82) is 0 Å². The van der Waals surface area contributed by atoms with Crippen LogP contribution in [0.25, 0.3) is 6.08 Å². The lowest BCUT2D eigenvalue weighted by molar-refractivity contribution is -0.121. The maximum atomic E-state index is 12.3. The van der Waals surface area contributed by atoms with Crippen LogP contribution in [0.15, 0.2) is 42.5 Å². The number of rotatable bonds is 10. The van der Waals surface area contributed by atoms with Gasteiger partial charge in [-0.3, -0.25) is 4.79 Å². The van der Waals surface area contributed by atoms with Crippen LogP contribution in [0.3, 0.4) is 0 Å². The van der Waals surface area contributed by atoms with Crippen molar-refractivity contribution in [2.75, 3.05) is 13.2 Å². The monoisotopic (exact) mass is 452 g/mol. The smallest absolute Gasteiger partial charge is 0.161 e. The van der Waals surface area contributed by atoms with E-state index in [2.05, 4.69) is 51.1 Å². The standard InChI is InChI=1S/C29H40O4/c1-8-29(9-2,24-13-14-26(21(4)17-24)33-19-25(31)18-30)23-12-10-22(20(3)16-23)11-15-27(32)28(5,6)7/h10-17,25,30-31H,8-9,18-19H2,1-7H3/t25-/m0/s1. The van der Waals surface area contributed by atoms with Gasteiger partial charge in [-0.2, -0.15) is 0 Å². The van der Waals surface area contributed by atoms with Crippen molar-refractivity contribution in [2.45, 2.75) is 72.8 Å². The molecule has 0 bridgehead atoms. The van der Waals surface area contributed by atoms with Crippen molar-refractivity contribution in [3.63, 3.8) is 0 Å². The van der Waals surface area contributed by atoms with E-state index in [0.29, 0.717) is 5.75 Å². The van der Waals surface area contributed by atoms with E-state index >= 15 is 0 Å². The summed E-state index contributed by atoms with van der Waals surface area (Å²) in [6.07, 6.45) is 4.62. The van der Waals surface area contributed by atoms with Gasteiger partial charge >= 0.3 is 0 Å². The molecule has 0 spiro atoms. The fraction of sp³-hybridized carbons (Fsp3) is 0.483. The molecule has 0 aliphatic carbocycles. The number of ether oxygens (including phenoxy) is 1. The zero-order chi connectivity index (χ0) is 24.8. The first-order chi connectivity index (χ1) is 15.5. The number of hydrogen-bond acceptors (Lipinski definition) is 4. The Kier molecular flexibility index (Phi) is 9.04. The molecule has 0 saturated carbocycles. The number of carbonyl (C=O) groups is 1. The largest absolute Gasteiger partial charge is 0.491 e. The molecule has 4 nitrogen and oxygen atoms in total. The Bertz CT molecular complexity index is 978. The van der Waals surface area contributed by atoms with E-state index in [1.54, 1.807) is 6.08 Å². The zero-order valence-corrected chi connectivity index (χ0v) is 21.2. The molecule has 2 N–H and O–H groups in total. The molecule has 0 fully saturated rings. The van der Waals surface area contributed by atoms with E-state index in [9.17, 15) is 9.90 Å². The average molecular weight is 453 g/mol. The van der Waals surface area contributed by atoms with Crippen LogP contribution >= 0.6 is 0 Å². The van der Waals surface area contributed by atoms with Crippen molar-refractivity contribution in [3.05, 3.63) is 70.3 Å². The predicted octanol–water partition coefficient (Wildman–Crippen LogP) is 5.77. The van der Waals surface area contributed by atoms with Crippen LogP contribution in [0.5, 0.6) is 5.75 Å². The van der Waals surface area contributed by atoms with Crippen LogP contribution in [0.4, 0.5) is 0 Å². The molecule has 1 atom stereocenters. The first kappa shape index (κ1) is 26.8. The van der Waals surface area contributed by atoms with Gasteiger partial charge in [0.15, 0.2) is 5.78 Å². The summed E-state index contributed by atoms with van der Waals surface area (Å²) >= 11 is 0. The van der Waals surface area contributed by atoms with E-state index in [4.69, 9.17) is 9.84 Å². The van der Waals surface area contributed by atoms with Gasteiger partial charge in [0, 0.05) is 10.8 Å². The second kappa shape index (κ2) is 11.1. The molecule has 0 amide bonds. The van der Waals surface area contributed by atoms with Crippen LogP contribution in [0, 0.1) is 19.3 Å². The number of aryl methyl sites for hydroxylation is 2.